The van der Waals surface area contributed by atoms with Crippen molar-refractivity contribution in [3.63, 3.8) is 0 Å². The summed E-state index contributed by atoms with van der Waals surface area (Å²) in [7, 11) is 0. The number of thiocarbonyl (C=S) groups is 1. The van der Waals surface area contributed by atoms with Crippen molar-refractivity contribution in [3.05, 3.63) is 57.0 Å². The van der Waals surface area contributed by atoms with Gasteiger partial charge in [0, 0.05) is 21.1 Å². The van der Waals surface area contributed by atoms with E-state index in [4.69, 9.17) is 29.6 Å². The lowest BCUT2D eigenvalue weighted by Gasteiger charge is -2.14. The lowest BCUT2D eigenvalue weighted by molar-refractivity contribution is 0.584. The van der Waals surface area contributed by atoms with Gasteiger partial charge in [0.15, 0.2) is 5.82 Å². The molecule has 20 heavy (non-hydrogen) atoms. The number of nitrogens with one attached hydrogen (secondary N) is 1. The van der Waals surface area contributed by atoms with E-state index < -0.39 is 11.6 Å². The molecule has 0 aliphatic heterocycles. The number of rotatable bonds is 3. The topological polar surface area (TPSA) is 38.0 Å². The number of benzene rings is 2. The van der Waals surface area contributed by atoms with Crippen molar-refractivity contribution >= 4 is 56.1 Å². The van der Waals surface area contributed by atoms with Gasteiger partial charge in [-0.1, -0.05) is 23.8 Å². The number of anilines is 2. The maximum atomic E-state index is 13.8. The molecule has 0 heterocycles. The Balaban J connectivity index is 2.50. The molecule has 0 atom stereocenters. The third-order valence-electron chi connectivity index (χ3n) is 2.51. The van der Waals surface area contributed by atoms with Crippen LogP contribution in [0.2, 0.25) is 5.02 Å². The maximum Gasteiger partial charge on any atom is 0.150 e. The van der Waals surface area contributed by atoms with Crippen molar-refractivity contribution in [1.82, 2.24) is 0 Å². The summed E-state index contributed by atoms with van der Waals surface area (Å²) in [6.07, 6.45) is 0. The Morgan fingerprint density at radius 2 is 1.95 bits per heavy atom. The van der Waals surface area contributed by atoms with Crippen LogP contribution in [0.25, 0.3) is 0 Å². The number of nitrogens with two attached hydrogens (primary N) is 1. The molecule has 2 aromatic rings. The predicted octanol–water partition coefficient (Wildman–Crippen LogP) is 4.76. The van der Waals surface area contributed by atoms with Gasteiger partial charge in [-0.3, -0.25) is 0 Å². The van der Waals surface area contributed by atoms with Crippen molar-refractivity contribution in [1.29, 1.82) is 0 Å². The van der Waals surface area contributed by atoms with Crippen LogP contribution < -0.4 is 11.1 Å². The van der Waals surface area contributed by atoms with Gasteiger partial charge in [0.1, 0.15) is 10.8 Å². The zero-order valence-electron chi connectivity index (χ0n) is 9.88. The van der Waals surface area contributed by atoms with E-state index in [1.807, 2.05) is 0 Å². The van der Waals surface area contributed by atoms with Gasteiger partial charge in [-0.2, -0.15) is 0 Å². The Bertz CT molecular complexity index is 671. The van der Waals surface area contributed by atoms with Crippen LogP contribution in [0.4, 0.5) is 20.2 Å². The van der Waals surface area contributed by atoms with E-state index in [9.17, 15) is 8.78 Å². The molecule has 0 aromatic heterocycles. The molecule has 2 nitrogen and oxygen atoms in total. The lowest BCUT2D eigenvalue weighted by atomic mass is 10.1. The van der Waals surface area contributed by atoms with Crippen molar-refractivity contribution in [2.75, 3.05) is 5.32 Å². The molecule has 0 unspecified atom stereocenters. The molecular formula is C13H8BrClF2N2S. The van der Waals surface area contributed by atoms with E-state index in [0.717, 1.165) is 12.1 Å². The van der Waals surface area contributed by atoms with Crippen LogP contribution in [0.5, 0.6) is 0 Å². The standard InChI is InChI=1S/C13H8BrClF2N2S/c14-9-4-7(16)5-10(17)12(9)19-11-3-6(15)1-2-8(11)13(18)20/h1-5,19H,(H2,18,20). The molecule has 0 bridgehead atoms. The van der Waals surface area contributed by atoms with Crippen molar-refractivity contribution in [3.8, 4) is 0 Å². The van der Waals surface area contributed by atoms with Crippen LogP contribution in [0.1, 0.15) is 5.56 Å². The Labute approximate surface area is 133 Å². The van der Waals surface area contributed by atoms with Gasteiger partial charge in [-0.25, -0.2) is 8.78 Å². The van der Waals surface area contributed by atoms with Gasteiger partial charge in [-0.15, -0.1) is 0 Å². The van der Waals surface area contributed by atoms with Crippen molar-refractivity contribution in [2.24, 2.45) is 5.73 Å². The molecule has 0 saturated heterocycles. The molecule has 0 spiro atoms. The maximum absolute atomic E-state index is 13.8. The molecule has 104 valence electrons. The highest BCUT2D eigenvalue weighted by atomic mass is 79.9. The SMILES string of the molecule is NC(=S)c1ccc(Cl)cc1Nc1c(F)cc(F)cc1Br. The summed E-state index contributed by atoms with van der Waals surface area (Å²) < 4.78 is 27.1. The van der Waals surface area contributed by atoms with Crippen LogP contribution >= 0.6 is 39.7 Å². The number of hydrogen-bond acceptors (Lipinski definition) is 2. The molecule has 2 rings (SSSR count). The quantitative estimate of drug-likeness (QED) is 0.758. The lowest BCUT2D eigenvalue weighted by Crippen LogP contribution is -2.12. The average molecular weight is 378 g/mol. The normalized spacial score (nSPS) is 10.4. The minimum atomic E-state index is -0.745. The Kier molecular flexibility index (Phi) is 4.57. The second-order valence-electron chi connectivity index (χ2n) is 3.92. The molecule has 3 N–H and O–H groups in total. The Morgan fingerprint density at radius 3 is 2.55 bits per heavy atom. The fourth-order valence-corrected chi connectivity index (χ4v) is 2.49. The van der Waals surface area contributed by atoms with Gasteiger partial charge in [-0.05, 0) is 40.2 Å². The highest BCUT2D eigenvalue weighted by Gasteiger charge is 2.13. The first-order valence-electron chi connectivity index (χ1n) is 5.39. The van der Waals surface area contributed by atoms with Crippen LogP contribution in [0.15, 0.2) is 34.8 Å². The molecular weight excluding hydrogens is 370 g/mol. The van der Waals surface area contributed by atoms with Crippen LogP contribution in [-0.4, -0.2) is 4.99 Å². The van der Waals surface area contributed by atoms with Crippen molar-refractivity contribution in [2.45, 2.75) is 0 Å². The highest BCUT2D eigenvalue weighted by Crippen LogP contribution is 2.32. The number of halogens is 4. The fourth-order valence-electron chi connectivity index (χ4n) is 1.63. The molecule has 0 aliphatic rings. The smallest absolute Gasteiger partial charge is 0.150 e. The molecule has 0 radical (unpaired) electrons. The average Bonchev–Trinajstić information content (AvgIpc) is 2.33. The Hall–Kier alpha value is -1.24. The third kappa shape index (κ3) is 3.26. The minimum absolute atomic E-state index is 0.0752. The largest absolute Gasteiger partial charge is 0.389 e. The number of hydrogen-bond donors (Lipinski definition) is 2. The minimum Gasteiger partial charge on any atom is -0.389 e. The monoisotopic (exact) mass is 376 g/mol. The van der Waals surface area contributed by atoms with Crippen LogP contribution in [0, 0.1) is 11.6 Å². The van der Waals surface area contributed by atoms with Gasteiger partial charge in [0.2, 0.25) is 0 Å². The van der Waals surface area contributed by atoms with E-state index in [1.165, 1.54) is 0 Å². The molecule has 0 saturated carbocycles. The second-order valence-corrected chi connectivity index (χ2v) is 5.65. The third-order valence-corrected chi connectivity index (χ3v) is 3.59. The highest BCUT2D eigenvalue weighted by molar-refractivity contribution is 9.10. The van der Waals surface area contributed by atoms with E-state index in [1.54, 1.807) is 18.2 Å². The predicted molar refractivity (Wildman–Crippen MR) is 84.7 cm³/mol. The summed E-state index contributed by atoms with van der Waals surface area (Å²) in [5, 5.41) is 3.25. The molecule has 7 heteroatoms. The second kappa shape index (κ2) is 6.03. The summed E-state index contributed by atoms with van der Waals surface area (Å²) in [4.78, 5) is 0.141. The fraction of sp³-hybridized carbons (Fsp3) is 0. The van der Waals surface area contributed by atoms with Gasteiger partial charge < -0.3 is 11.1 Å². The van der Waals surface area contributed by atoms with Crippen molar-refractivity contribution < 1.29 is 8.78 Å². The zero-order valence-corrected chi connectivity index (χ0v) is 13.0. The first-order valence-corrected chi connectivity index (χ1v) is 6.97. The van der Waals surface area contributed by atoms with E-state index in [2.05, 4.69) is 21.2 Å². The van der Waals surface area contributed by atoms with Gasteiger partial charge in [0.25, 0.3) is 0 Å². The van der Waals surface area contributed by atoms with E-state index in [0.29, 0.717) is 16.3 Å². The summed E-state index contributed by atoms with van der Waals surface area (Å²) in [5.41, 5.74) is 6.63. The summed E-state index contributed by atoms with van der Waals surface area (Å²) in [5.74, 6) is -1.42. The molecule has 2 aromatic carbocycles. The summed E-state index contributed by atoms with van der Waals surface area (Å²) >= 11 is 13.9. The van der Waals surface area contributed by atoms with Crippen LogP contribution in [0.3, 0.4) is 0 Å². The summed E-state index contributed by atoms with van der Waals surface area (Å²) in [6, 6.07) is 6.74. The van der Waals surface area contributed by atoms with Gasteiger partial charge >= 0.3 is 0 Å². The molecule has 0 aliphatic carbocycles. The van der Waals surface area contributed by atoms with E-state index in [-0.39, 0.29) is 15.1 Å². The van der Waals surface area contributed by atoms with E-state index >= 15 is 0 Å². The van der Waals surface area contributed by atoms with Gasteiger partial charge in [0.05, 0.1) is 11.4 Å². The molecule has 0 fully saturated rings. The van der Waals surface area contributed by atoms with Crippen LogP contribution in [-0.2, 0) is 0 Å². The zero-order chi connectivity index (χ0) is 14.9. The first-order chi connectivity index (χ1) is 9.38. The molecule has 0 amide bonds. The summed E-state index contributed by atoms with van der Waals surface area (Å²) in [6.45, 7) is 0. The Morgan fingerprint density at radius 1 is 1.25 bits per heavy atom. The first kappa shape index (κ1) is 15.2.